The molecule has 0 saturated heterocycles. The van der Waals surface area contributed by atoms with E-state index in [0.717, 1.165) is 6.42 Å². The lowest BCUT2D eigenvalue weighted by molar-refractivity contribution is 0.109. The minimum absolute atomic E-state index is 0.00597. The Morgan fingerprint density at radius 2 is 2.00 bits per heavy atom. The second kappa shape index (κ2) is 4.55. The molecule has 4 nitrogen and oxygen atoms in total. The molecule has 94 valence electrons. The van der Waals surface area contributed by atoms with Crippen LogP contribution in [0.4, 0.5) is 0 Å². The van der Waals surface area contributed by atoms with Crippen LogP contribution >= 0.6 is 0 Å². The highest BCUT2D eigenvalue weighted by Gasteiger charge is 2.30. The minimum atomic E-state index is -0.632. The van der Waals surface area contributed by atoms with Gasteiger partial charge < -0.3 is 20.6 Å². The van der Waals surface area contributed by atoms with E-state index in [4.69, 9.17) is 0 Å². The van der Waals surface area contributed by atoms with Gasteiger partial charge in [-0.2, -0.15) is 0 Å². The highest BCUT2D eigenvalue weighted by molar-refractivity contribution is 5.51. The van der Waals surface area contributed by atoms with Gasteiger partial charge in [0.15, 0.2) is 11.5 Å². The van der Waals surface area contributed by atoms with Gasteiger partial charge in [-0.05, 0) is 24.5 Å². The molecule has 2 unspecified atom stereocenters. The molecule has 4 N–H and O–H groups in total. The van der Waals surface area contributed by atoms with E-state index in [1.807, 2.05) is 13.8 Å². The van der Waals surface area contributed by atoms with Crippen LogP contribution in [0.25, 0.3) is 0 Å². The van der Waals surface area contributed by atoms with E-state index in [2.05, 4.69) is 5.32 Å². The first-order valence-corrected chi connectivity index (χ1v) is 5.98. The van der Waals surface area contributed by atoms with Crippen LogP contribution in [0.1, 0.15) is 37.5 Å². The van der Waals surface area contributed by atoms with Crippen molar-refractivity contribution < 1.29 is 15.3 Å². The normalized spacial score (nSPS) is 23.8. The van der Waals surface area contributed by atoms with Crippen LogP contribution < -0.4 is 5.32 Å². The maximum absolute atomic E-state index is 10.2. The molecule has 0 heterocycles. The molecule has 1 aromatic rings. The molecule has 0 fully saturated rings. The Labute approximate surface area is 101 Å². The first-order chi connectivity index (χ1) is 8.00. The first kappa shape index (κ1) is 12.2. The number of hydrogen-bond donors (Lipinski definition) is 4. The van der Waals surface area contributed by atoms with Gasteiger partial charge in [0, 0.05) is 17.6 Å². The van der Waals surface area contributed by atoms with Gasteiger partial charge in [-0.15, -0.1) is 0 Å². The molecule has 1 aromatic carbocycles. The monoisotopic (exact) mass is 237 g/mol. The molecule has 0 spiro atoms. The fourth-order valence-corrected chi connectivity index (χ4v) is 2.46. The van der Waals surface area contributed by atoms with E-state index in [0.29, 0.717) is 23.6 Å². The number of aliphatic hydroxyl groups excluding tert-OH is 1. The topological polar surface area (TPSA) is 72.7 Å². The van der Waals surface area contributed by atoms with E-state index in [1.165, 1.54) is 6.07 Å². The van der Waals surface area contributed by atoms with Crippen LogP contribution in [0.15, 0.2) is 12.1 Å². The van der Waals surface area contributed by atoms with Gasteiger partial charge in [0.2, 0.25) is 0 Å². The lowest BCUT2D eigenvalue weighted by Crippen LogP contribution is -2.41. The Bertz CT molecular complexity index is 417. The van der Waals surface area contributed by atoms with Crippen LogP contribution in [0.3, 0.4) is 0 Å². The van der Waals surface area contributed by atoms with Crippen molar-refractivity contribution in [3.05, 3.63) is 23.3 Å². The second-order valence-corrected chi connectivity index (χ2v) is 4.91. The van der Waals surface area contributed by atoms with Crippen LogP contribution in [0, 0.1) is 0 Å². The Morgan fingerprint density at radius 1 is 1.29 bits per heavy atom. The van der Waals surface area contributed by atoms with Crippen molar-refractivity contribution in [3.8, 4) is 11.5 Å². The number of aromatic hydroxyl groups is 2. The fraction of sp³-hybridized carbons (Fsp3) is 0.538. The highest BCUT2D eigenvalue weighted by atomic mass is 16.3. The van der Waals surface area contributed by atoms with E-state index in [-0.39, 0.29) is 17.5 Å². The molecular weight excluding hydrogens is 218 g/mol. The smallest absolute Gasteiger partial charge is 0.161 e. The number of fused-ring (bicyclic) bond motifs is 1. The summed E-state index contributed by atoms with van der Waals surface area (Å²) in [6.07, 6.45) is 0.785. The van der Waals surface area contributed by atoms with Crippen molar-refractivity contribution in [3.63, 3.8) is 0 Å². The third-order valence-corrected chi connectivity index (χ3v) is 3.25. The summed E-state index contributed by atoms with van der Waals surface area (Å²) >= 11 is 0. The average molecular weight is 237 g/mol. The van der Waals surface area contributed by atoms with Crippen molar-refractivity contribution in [2.75, 3.05) is 0 Å². The third-order valence-electron chi connectivity index (χ3n) is 3.25. The van der Waals surface area contributed by atoms with Crippen LogP contribution in [-0.4, -0.2) is 27.4 Å². The molecule has 0 radical (unpaired) electrons. The number of phenolic OH excluding ortho intramolecular Hbond substituents is 2. The van der Waals surface area contributed by atoms with E-state index in [9.17, 15) is 15.3 Å². The van der Waals surface area contributed by atoms with Gasteiger partial charge in [0.25, 0.3) is 0 Å². The zero-order valence-electron chi connectivity index (χ0n) is 10.1. The Hall–Kier alpha value is -1.26. The van der Waals surface area contributed by atoms with Gasteiger partial charge in [-0.1, -0.05) is 19.9 Å². The second-order valence-electron chi connectivity index (χ2n) is 4.91. The van der Waals surface area contributed by atoms with Crippen molar-refractivity contribution in [1.29, 1.82) is 0 Å². The summed E-state index contributed by atoms with van der Waals surface area (Å²) in [6, 6.07) is 3.42. The summed E-state index contributed by atoms with van der Waals surface area (Å²) in [5.74, 6) is -0.212. The molecule has 2 rings (SSSR count). The summed E-state index contributed by atoms with van der Waals surface area (Å²) in [7, 11) is 0. The van der Waals surface area contributed by atoms with Crippen LogP contribution in [0.2, 0.25) is 0 Å². The number of phenols is 2. The quantitative estimate of drug-likeness (QED) is 0.587. The molecule has 0 aliphatic heterocycles. The SMILES string of the molecule is CC(C)NC1CCc2c(ccc(O)c2O)C1O. The van der Waals surface area contributed by atoms with Crippen molar-refractivity contribution in [2.24, 2.45) is 0 Å². The summed E-state index contributed by atoms with van der Waals surface area (Å²) in [6.45, 7) is 4.08. The zero-order valence-corrected chi connectivity index (χ0v) is 10.1. The zero-order chi connectivity index (χ0) is 12.6. The van der Waals surface area contributed by atoms with Gasteiger partial charge >= 0.3 is 0 Å². The predicted octanol–water partition coefficient (Wildman–Crippen LogP) is 1.44. The Kier molecular flexibility index (Phi) is 3.26. The molecule has 0 saturated carbocycles. The molecule has 2 atom stereocenters. The molecule has 1 aliphatic rings. The third kappa shape index (κ3) is 2.23. The number of rotatable bonds is 2. The lowest BCUT2D eigenvalue weighted by atomic mass is 9.85. The van der Waals surface area contributed by atoms with Crippen molar-refractivity contribution in [1.82, 2.24) is 5.32 Å². The maximum Gasteiger partial charge on any atom is 0.161 e. The Morgan fingerprint density at radius 3 is 2.65 bits per heavy atom. The molecule has 0 aromatic heterocycles. The highest BCUT2D eigenvalue weighted by Crippen LogP contribution is 2.39. The summed E-state index contributed by atoms with van der Waals surface area (Å²) in [4.78, 5) is 0. The first-order valence-electron chi connectivity index (χ1n) is 5.98. The maximum atomic E-state index is 10.2. The number of hydrogen-bond acceptors (Lipinski definition) is 4. The number of benzene rings is 1. The number of aliphatic hydroxyl groups is 1. The van der Waals surface area contributed by atoms with E-state index in [1.54, 1.807) is 6.07 Å². The average Bonchev–Trinajstić information content (AvgIpc) is 2.27. The molecule has 4 heteroatoms. The molecule has 0 bridgehead atoms. The number of nitrogens with one attached hydrogen (secondary N) is 1. The van der Waals surface area contributed by atoms with Gasteiger partial charge in [-0.25, -0.2) is 0 Å². The summed E-state index contributed by atoms with van der Waals surface area (Å²) in [5.41, 5.74) is 1.38. The fourth-order valence-electron chi connectivity index (χ4n) is 2.46. The summed E-state index contributed by atoms with van der Waals surface area (Å²) in [5, 5.41) is 32.7. The Balaban J connectivity index is 2.30. The van der Waals surface area contributed by atoms with Gasteiger partial charge in [-0.3, -0.25) is 0 Å². The standard InChI is InChI=1S/C13H19NO3/c1-7(2)14-10-5-3-9-8(12(10)16)4-6-11(15)13(9)17/h4,6-7,10,12,14-17H,3,5H2,1-2H3. The van der Waals surface area contributed by atoms with Crippen molar-refractivity contribution >= 4 is 0 Å². The molecule has 17 heavy (non-hydrogen) atoms. The van der Waals surface area contributed by atoms with Crippen LogP contribution in [0.5, 0.6) is 11.5 Å². The van der Waals surface area contributed by atoms with Crippen LogP contribution in [-0.2, 0) is 6.42 Å². The molecule has 1 aliphatic carbocycles. The van der Waals surface area contributed by atoms with E-state index < -0.39 is 6.10 Å². The molecular formula is C13H19NO3. The predicted molar refractivity (Wildman–Crippen MR) is 65.1 cm³/mol. The largest absolute Gasteiger partial charge is 0.504 e. The van der Waals surface area contributed by atoms with Crippen molar-refractivity contribution in [2.45, 2.75) is 44.9 Å². The lowest BCUT2D eigenvalue weighted by Gasteiger charge is -2.32. The minimum Gasteiger partial charge on any atom is -0.504 e. The van der Waals surface area contributed by atoms with E-state index >= 15 is 0 Å². The van der Waals surface area contributed by atoms with Gasteiger partial charge in [0.05, 0.1) is 6.10 Å². The molecule has 0 amide bonds. The van der Waals surface area contributed by atoms with Gasteiger partial charge in [0.1, 0.15) is 0 Å². The summed E-state index contributed by atoms with van der Waals surface area (Å²) < 4.78 is 0.